The van der Waals surface area contributed by atoms with Gasteiger partial charge in [-0.25, -0.2) is 8.78 Å². The van der Waals surface area contributed by atoms with Crippen molar-refractivity contribution in [2.24, 2.45) is 0 Å². The maximum atomic E-state index is 14.5. The molecule has 5 aliphatic heterocycles. The highest BCUT2D eigenvalue weighted by atomic mass is 19.1. The minimum Gasteiger partial charge on any atom is -0.508 e. The Morgan fingerprint density at radius 2 is 0.468 bits per heavy atom. The van der Waals surface area contributed by atoms with Crippen LogP contribution < -0.4 is 37.9 Å². The Bertz CT molecular complexity index is 6650. The van der Waals surface area contributed by atoms with Gasteiger partial charge in [-0.2, -0.15) is 0 Å². The van der Waals surface area contributed by atoms with Gasteiger partial charge in [-0.1, -0.05) is 163 Å². The van der Waals surface area contributed by atoms with Crippen molar-refractivity contribution < 1.29 is 97.7 Å². The van der Waals surface area contributed by atoms with Crippen molar-refractivity contribution in [3.8, 4) is 103 Å². The first-order valence-corrected chi connectivity index (χ1v) is 46.5. The van der Waals surface area contributed by atoms with E-state index in [1.165, 1.54) is 29.9 Å². The van der Waals surface area contributed by atoms with Crippen LogP contribution in [0.4, 0.5) is 8.78 Å². The molecule has 10 N–H and O–H groups in total. The molecule has 0 aliphatic carbocycles. The molecule has 15 aromatic carbocycles. The van der Waals surface area contributed by atoms with E-state index in [-0.39, 0.29) is 134 Å². The van der Waals surface area contributed by atoms with E-state index in [2.05, 4.69) is 69.3 Å². The van der Waals surface area contributed by atoms with Crippen LogP contribution in [0.5, 0.6) is 103 Å². The van der Waals surface area contributed by atoms with E-state index in [1.54, 1.807) is 118 Å². The third-order valence-corrected chi connectivity index (χ3v) is 28.0. The van der Waals surface area contributed by atoms with Crippen molar-refractivity contribution in [1.82, 2.24) is 0 Å². The Morgan fingerprint density at radius 1 is 0.223 bits per heavy atom. The van der Waals surface area contributed by atoms with Crippen LogP contribution in [0.1, 0.15) is 204 Å². The molecule has 0 saturated heterocycles. The molecule has 714 valence electrons. The smallest absolute Gasteiger partial charge is 0.165 e. The predicted octanol–water partition coefficient (Wildman–Crippen LogP) is 25.7. The average Bonchev–Trinajstić information content (AvgIpc) is 0.757. The molecule has 0 saturated carbocycles. The Kier molecular flexibility index (Phi) is 28.7. The van der Waals surface area contributed by atoms with Crippen LogP contribution in [0, 0.1) is 87.8 Å². The van der Waals surface area contributed by atoms with Gasteiger partial charge in [0.05, 0.1) is 54.4 Å². The van der Waals surface area contributed by atoms with Gasteiger partial charge in [-0.05, 0) is 269 Å². The molecule has 0 radical (unpaired) electrons. The van der Waals surface area contributed by atoms with Crippen molar-refractivity contribution in [1.29, 1.82) is 0 Å². The second-order valence-corrected chi connectivity index (χ2v) is 36.8. The van der Waals surface area contributed by atoms with Crippen LogP contribution in [0.15, 0.2) is 267 Å². The number of ether oxygens (including phenoxy) is 8. The number of hydrogen-bond acceptors (Lipinski definition) is 18. The molecule has 10 atom stereocenters. The summed E-state index contributed by atoms with van der Waals surface area (Å²) in [6.45, 7) is 23.5. The summed E-state index contributed by atoms with van der Waals surface area (Å²) in [5.41, 5.74) is 25.4. The van der Waals surface area contributed by atoms with E-state index in [4.69, 9.17) is 37.9 Å². The van der Waals surface area contributed by atoms with E-state index in [9.17, 15) is 59.8 Å². The summed E-state index contributed by atoms with van der Waals surface area (Å²) in [7, 11) is 4.84. The number of phenols is 10. The fourth-order valence-corrected chi connectivity index (χ4v) is 20.5. The summed E-state index contributed by atoms with van der Waals surface area (Å²) < 4.78 is 74.9. The summed E-state index contributed by atoms with van der Waals surface area (Å²) in [5, 5.41) is 99.2. The van der Waals surface area contributed by atoms with Gasteiger partial charge >= 0.3 is 0 Å². The van der Waals surface area contributed by atoms with Crippen LogP contribution >= 0.6 is 0 Å². The van der Waals surface area contributed by atoms with Crippen LogP contribution in [-0.2, 0) is 0 Å². The summed E-state index contributed by atoms with van der Waals surface area (Å²) in [5.74, 6) is 7.58. The topological polar surface area (TPSA) is 276 Å². The van der Waals surface area contributed by atoms with Gasteiger partial charge < -0.3 is 89.0 Å². The van der Waals surface area contributed by atoms with E-state index in [0.717, 1.165) is 140 Å². The Morgan fingerprint density at radius 3 is 0.748 bits per heavy atom. The van der Waals surface area contributed by atoms with Crippen molar-refractivity contribution in [2.45, 2.75) is 135 Å². The molecule has 5 heterocycles. The predicted molar refractivity (Wildman–Crippen MR) is 535 cm³/mol. The number of rotatable bonds is 13. The Balaban J connectivity index is 0.000000125. The molecule has 0 spiro atoms. The number of aromatic hydroxyl groups is 10. The van der Waals surface area contributed by atoms with Crippen LogP contribution in [0.25, 0.3) is 0 Å². The van der Waals surface area contributed by atoms with E-state index < -0.39 is 0 Å². The van der Waals surface area contributed by atoms with Gasteiger partial charge in [-0.3, -0.25) is 0 Å². The van der Waals surface area contributed by atoms with Gasteiger partial charge in [0.25, 0.3) is 0 Å². The van der Waals surface area contributed by atoms with E-state index in [1.807, 2.05) is 164 Å². The molecule has 15 aromatic rings. The lowest BCUT2D eigenvalue weighted by atomic mass is 9.74. The first kappa shape index (κ1) is 96.7. The minimum atomic E-state index is -0.383. The van der Waals surface area contributed by atoms with Crippen molar-refractivity contribution in [2.75, 3.05) is 54.4 Å². The van der Waals surface area contributed by atoms with Gasteiger partial charge in [0, 0.05) is 115 Å². The molecule has 0 aromatic heterocycles. The molecule has 0 fully saturated rings. The molecular weight excluding hydrogens is 1760 g/mol. The quantitative estimate of drug-likeness (QED) is 0.0514. The first-order valence-electron chi connectivity index (χ1n) is 46.5. The zero-order valence-corrected chi connectivity index (χ0v) is 80.2. The molecule has 0 bridgehead atoms. The highest BCUT2D eigenvalue weighted by Crippen LogP contribution is 2.56. The molecule has 0 unspecified atom stereocenters. The molecule has 5 aliphatic rings. The lowest BCUT2D eigenvalue weighted by Crippen LogP contribution is -2.26. The largest absolute Gasteiger partial charge is 0.508 e. The summed E-state index contributed by atoms with van der Waals surface area (Å²) in [4.78, 5) is 0. The maximum absolute atomic E-state index is 14.5. The number of benzene rings is 15. The van der Waals surface area contributed by atoms with Crippen LogP contribution in [0.3, 0.4) is 0 Å². The van der Waals surface area contributed by atoms with Gasteiger partial charge in [0.1, 0.15) is 104 Å². The lowest BCUT2D eigenvalue weighted by molar-refractivity contribution is 0.245. The van der Waals surface area contributed by atoms with Crippen molar-refractivity contribution >= 4 is 0 Å². The van der Waals surface area contributed by atoms with Crippen LogP contribution in [0.2, 0.25) is 0 Å². The lowest BCUT2D eigenvalue weighted by Gasteiger charge is -2.36. The monoisotopic (exact) mass is 1870 g/mol. The zero-order valence-electron chi connectivity index (χ0n) is 80.2. The fraction of sp³-hybridized carbons (Fsp3) is 0.244. The summed E-state index contributed by atoms with van der Waals surface area (Å²) in [6.07, 6.45) is 0. The molecule has 20 rings (SSSR count). The molecule has 20 heteroatoms. The normalized spacial score (nSPS) is 18.4. The Hall–Kier alpha value is -15.4. The average molecular weight is 1870 g/mol. The number of fused-ring (bicyclic) bond motifs is 5. The molecule has 18 nitrogen and oxygen atoms in total. The SMILES string of the molecule is COc1c(C)cc([C@@H]2c3ccc(O)c(C)c3OC[C@@H]2c2ccc(O)cc2)cc1C.COc1ccc([C@@H]2c3ccc(O)c(C)c3OC[C@@H]2c2ccc(C)cc2)cc1F.COc1ccc([C@@H]2c3ccc(O)c(C)c3OC[C@@H]2c2ccc(O)cc2)cc1C.Cc1cc([C@@H]2c3ccc(O)c(C)c3OC[C@@H]2c2ccc(O)cc2)ccc1F.Cc1cc([C@@H]2c3ccc(O)c(C)c3OC[C@@H]2c2ccc(O)cc2)ccc1O. The molecule has 139 heavy (non-hydrogen) atoms. The summed E-state index contributed by atoms with van der Waals surface area (Å²) in [6, 6.07) is 82.1. The van der Waals surface area contributed by atoms with E-state index >= 15 is 0 Å². The number of hydrogen-bond donors (Lipinski definition) is 10. The number of halogens is 2. The van der Waals surface area contributed by atoms with Crippen molar-refractivity contribution in [3.05, 3.63) is 423 Å². The molecular formula is C119H116F2O18. The van der Waals surface area contributed by atoms with Crippen molar-refractivity contribution in [3.63, 3.8) is 0 Å². The maximum Gasteiger partial charge on any atom is 0.165 e. The fourth-order valence-electron chi connectivity index (χ4n) is 20.5. The highest BCUT2D eigenvalue weighted by molar-refractivity contribution is 5.63. The van der Waals surface area contributed by atoms with Crippen LogP contribution in [-0.4, -0.2) is 105 Å². The number of methoxy groups -OCH3 is 3. The van der Waals surface area contributed by atoms with Gasteiger partial charge in [-0.15, -0.1) is 0 Å². The summed E-state index contributed by atoms with van der Waals surface area (Å²) >= 11 is 0. The Labute approximate surface area is 809 Å². The second-order valence-electron chi connectivity index (χ2n) is 36.8. The third-order valence-electron chi connectivity index (χ3n) is 28.0. The number of phenolic OH excluding ortho intramolecular Hbond substituents is 10. The van der Waals surface area contributed by atoms with E-state index in [0.29, 0.717) is 61.2 Å². The van der Waals surface area contributed by atoms with Gasteiger partial charge in [0.2, 0.25) is 0 Å². The molecule has 0 amide bonds. The zero-order chi connectivity index (χ0) is 98.6. The highest BCUT2D eigenvalue weighted by Gasteiger charge is 2.42. The second kappa shape index (κ2) is 41.2. The third kappa shape index (κ3) is 20.0. The standard InChI is InChI=1S/C25H26O4.C24H23FO3.C24H24O4.C23H21FO3.C23H22O4/c1-14-11-18(12-15(2)24(14)28-4)23-20-9-10-22(27)16(3)25(20)29-13-21(23)17-5-7-19(26)8-6-17;1-14-4-6-16(7-5-14)19-13-28-24-15(2)21(26)10-9-18(24)23(19)17-8-11-22(27-3)20(25)12-17;1-14-12-17(6-11-22(14)27-3)23-19-9-10-21(26)15(2)24(19)28-13-20(23)16-4-7-18(25)8-5-16;1-13-11-16(5-9-20(13)24)22-18-8-10-21(26)14(2)23(18)27-12-19(22)15-3-6-17(25)7-4-15;1-13-11-16(5-9-20(13)25)22-18-8-10-21(26)14(2)23(18)27-12-19(22)15-3-6-17(24)7-4-15/h5-12,21,23,26-27H,13H2,1-4H3;4-12,19,23,26H,13H2,1-3H3;4-12,20,23,25-26H,13H2,1-3H3;3-11,19,22,25-26H,12H2,1-2H3;3-11,19,22,24-26H,12H2,1-2H3/t21-,23-;19-,23-;20-,23-;2*19-,22-/m11111/s1. The van der Waals surface area contributed by atoms with Gasteiger partial charge in [0.15, 0.2) is 11.6 Å². The first-order chi connectivity index (χ1) is 66.8. The number of aryl methyl sites for hydroxylation is 6. The minimum absolute atomic E-state index is 0.00639.